The van der Waals surface area contributed by atoms with Crippen LogP contribution in [-0.2, 0) is 11.3 Å². The van der Waals surface area contributed by atoms with Gasteiger partial charge in [-0.3, -0.25) is 9.78 Å². The fourth-order valence-corrected chi connectivity index (χ4v) is 2.15. The Morgan fingerprint density at radius 3 is 2.89 bits per heavy atom. The minimum atomic E-state index is -0.263. The Labute approximate surface area is 126 Å². The van der Waals surface area contributed by atoms with Gasteiger partial charge in [0.2, 0.25) is 5.91 Å². The lowest BCUT2D eigenvalue weighted by atomic mass is 9.82. The normalized spacial score (nSPS) is 21.7. The maximum absolute atomic E-state index is 12.1. The zero-order valence-corrected chi connectivity index (χ0v) is 12.6. The lowest BCUT2D eigenvalue weighted by Gasteiger charge is -2.32. The van der Waals surface area contributed by atoms with E-state index in [0.717, 1.165) is 31.5 Å². The van der Waals surface area contributed by atoms with Crippen LogP contribution in [0.2, 0.25) is 0 Å². The van der Waals surface area contributed by atoms with Gasteiger partial charge in [-0.05, 0) is 37.9 Å². The monoisotopic (exact) mass is 305 g/mol. The molecule has 2 rings (SSSR count). The van der Waals surface area contributed by atoms with E-state index < -0.39 is 0 Å². The summed E-state index contributed by atoms with van der Waals surface area (Å²) < 4.78 is 0. The minimum Gasteiger partial charge on any atom is -0.351 e. The predicted molar refractivity (Wildman–Crippen MR) is 80.8 cm³/mol. The fourth-order valence-electron chi connectivity index (χ4n) is 2.15. The van der Waals surface area contributed by atoms with E-state index in [0.29, 0.717) is 6.54 Å². The summed E-state index contributed by atoms with van der Waals surface area (Å²) in [5.41, 5.74) is 0.772. The summed E-state index contributed by atoms with van der Waals surface area (Å²) in [5, 5.41) is 6.27. The number of piperidine rings is 1. The van der Waals surface area contributed by atoms with Gasteiger partial charge in [-0.1, -0.05) is 6.07 Å². The minimum absolute atomic E-state index is 0. The fraction of sp³-hybridized carbons (Fsp3) is 0.538. The lowest BCUT2D eigenvalue weighted by molar-refractivity contribution is -0.131. The van der Waals surface area contributed by atoms with Crippen LogP contribution in [0.3, 0.4) is 0 Å². The maximum atomic E-state index is 12.1. The molecule has 0 saturated carbocycles. The summed E-state index contributed by atoms with van der Waals surface area (Å²) in [6.07, 6.45) is 5.54. The highest BCUT2D eigenvalue weighted by Gasteiger charge is 2.34. The molecular formula is C13H21Cl2N3O. The third-order valence-corrected chi connectivity index (χ3v) is 3.32. The van der Waals surface area contributed by atoms with Gasteiger partial charge in [0.05, 0.1) is 5.41 Å². The third-order valence-electron chi connectivity index (χ3n) is 3.32. The van der Waals surface area contributed by atoms with Crippen molar-refractivity contribution in [2.45, 2.75) is 26.3 Å². The summed E-state index contributed by atoms with van der Waals surface area (Å²) in [7, 11) is 0. The number of carbonyl (C=O) groups is 1. The molecule has 1 aromatic heterocycles. The van der Waals surface area contributed by atoms with Gasteiger partial charge in [0.15, 0.2) is 0 Å². The number of hydrogen-bond acceptors (Lipinski definition) is 3. The van der Waals surface area contributed by atoms with E-state index in [4.69, 9.17) is 0 Å². The van der Waals surface area contributed by atoms with Crippen molar-refractivity contribution in [3.63, 3.8) is 0 Å². The van der Waals surface area contributed by atoms with E-state index in [2.05, 4.69) is 15.6 Å². The first-order valence-electron chi connectivity index (χ1n) is 6.09. The van der Waals surface area contributed by atoms with Crippen LogP contribution in [0.4, 0.5) is 0 Å². The molecule has 1 atom stereocenters. The lowest BCUT2D eigenvalue weighted by Crippen LogP contribution is -2.48. The first kappa shape index (κ1) is 18.2. The number of nitrogens with one attached hydrogen (secondary N) is 2. The summed E-state index contributed by atoms with van der Waals surface area (Å²) in [6.45, 7) is 4.37. The number of halogens is 2. The highest BCUT2D eigenvalue weighted by molar-refractivity contribution is 5.85. The molecule has 1 aliphatic rings. The van der Waals surface area contributed by atoms with Gasteiger partial charge in [0.1, 0.15) is 0 Å². The van der Waals surface area contributed by atoms with Crippen LogP contribution in [0.25, 0.3) is 0 Å². The average Bonchev–Trinajstić information content (AvgIpc) is 2.38. The van der Waals surface area contributed by atoms with Crippen LogP contribution in [0.1, 0.15) is 25.3 Å². The quantitative estimate of drug-likeness (QED) is 0.897. The predicted octanol–water partition coefficient (Wildman–Crippen LogP) is 1.93. The Balaban J connectivity index is 0.00000162. The van der Waals surface area contributed by atoms with Crippen LogP contribution >= 0.6 is 24.8 Å². The molecule has 0 aliphatic carbocycles. The third kappa shape index (κ3) is 4.97. The van der Waals surface area contributed by atoms with Crippen molar-refractivity contribution >= 4 is 30.7 Å². The van der Waals surface area contributed by atoms with Gasteiger partial charge in [0.25, 0.3) is 0 Å². The van der Waals surface area contributed by atoms with E-state index in [1.165, 1.54) is 0 Å². The molecule has 1 fully saturated rings. The molecule has 4 nitrogen and oxygen atoms in total. The van der Waals surface area contributed by atoms with E-state index in [1.807, 2.05) is 19.1 Å². The molecule has 1 saturated heterocycles. The van der Waals surface area contributed by atoms with Gasteiger partial charge in [-0.2, -0.15) is 0 Å². The first-order valence-corrected chi connectivity index (χ1v) is 6.09. The van der Waals surface area contributed by atoms with E-state index in [9.17, 15) is 4.79 Å². The van der Waals surface area contributed by atoms with Gasteiger partial charge >= 0.3 is 0 Å². The van der Waals surface area contributed by atoms with Crippen molar-refractivity contribution in [1.82, 2.24) is 15.6 Å². The molecule has 6 heteroatoms. The molecule has 108 valence electrons. The highest BCUT2D eigenvalue weighted by atomic mass is 35.5. The van der Waals surface area contributed by atoms with Crippen LogP contribution < -0.4 is 10.6 Å². The van der Waals surface area contributed by atoms with Crippen molar-refractivity contribution in [2.75, 3.05) is 13.1 Å². The molecular weight excluding hydrogens is 285 g/mol. The van der Waals surface area contributed by atoms with Crippen LogP contribution in [0, 0.1) is 5.41 Å². The molecule has 0 bridgehead atoms. The van der Waals surface area contributed by atoms with E-state index >= 15 is 0 Å². The van der Waals surface area contributed by atoms with Crippen molar-refractivity contribution in [3.05, 3.63) is 30.1 Å². The number of hydrogen-bond donors (Lipinski definition) is 2. The Kier molecular flexibility index (Phi) is 7.99. The highest BCUT2D eigenvalue weighted by Crippen LogP contribution is 2.25. The second kappa shape index (κ2) is 8.35. The molecule has 0 radical (unpaired) electrons. The van der Waals surface area contributed by atoms with Gasteiger partial charge in [-0.15, -0.1) is 24.8 Å². The Hall–Kier alpha value is -0.840. The number of rotatable bonds is 3. The van der Waals surface area contributed by atoms with Crippen LogP contribution in [0.5, 0.6) is 0 Å². The second-order valence-corrected chi connectivity index (χ2v) is 4.88. The van der Waals surface area contributed by atoms with E-state index in [1.54, 1.807) is 12.4 Å². The standard InChI is InChI=1S/C13H19N3O.2ClH/c1-13(5-3-7-15-10-13)12(17)16-9-11-4-2-6-14-8-11;;/h2,4,6,8,15H,3,5,7,9-10H2,1H3,(H,16,17);2*1H. The van der Waals surface area contributed by atoms with Crippen molar-refractivity contribution < 1.29 is 4.79 Å². The summed E-state index contributed by atoms with van der Waals surface area (Å²) in [5.74, 6) is 0.133. The summed E-state index contributed by atoms with van der Waals surface area (Å²) in [4.78, 5) is 16.2. The van der Waals surface area contributed by atoms with Gasteiger partial charge in [-0.25, -0.2) is 0 Å². The molecule has 0 spiro atoms. The van der Waals surface area contributed by atoms with Gasteiger partial charge in [0, 0.05) is 25.5 Å². The molecule has 19 heavy (non-hydrogen) atoms. The molecule has 2 heterocycles. The maximum Gasteiger partial charge on any atom is 0.227 e. The topological polar surface area (TPSA) is 54.0 Å². The number of carbonyl (C=O) groups excluding carboxylic acids is 1. The Bertz CT molecular complexity index is 381. The van der Waals surface area contributed by atoms with Crippen molar-refractivity contribution in [2.24, 2.45) is 5.41 Å². The number of pyridine rings is 1. The molecule has 0 aromatic carbocycles. The zero-order valence-electron chi connectivity index (χ0n) is 11.0. The molecule has 1 aliphatic heterocycles. The summed E-state index contributed by atoms with van der Waals surface area (Å²) in [6, 6.07) is 3.85. The zero-order chi connectivity index (χ0) is 12.1. The molecule has 1 aromatic rings. The molecule has 2 N–H and O–H groups in total. The molecule has 1 amide bonds. The summed E-state index contributed by atoms with van der Waals surface area (Å²) >= 11 is 0. The second-order valence-electron chi connectivity index (χ2n) is 4.88. The largest absolute Gasteiger partial charge is 0.351 e. The van der Waals surface area contributed by atoms with Gasteiger partial charge < -0.3 is 10.6 Å². The molecule has 1 unspecified atom stereocenters. The van der Waals surface area contributed by atoms with Crippen molar-refractivity contribution in [1.29, 1.82) is 0 Å². The number of amides is 1. The van der Waals surface area contributed by atoms with Crippen LogP contribution in [-0.4, -0.2) is 24.0 Å². The van der Waals surface area contributed by atoms with Crippen molar-refractivity contribution in [3.8, 4) is 0 Å². The van der Waals surface area contributed by atoms with E-state index in [-0.39, 0.29) is 36.1 Å². The Morgan fingerprint density at radius 1 is 1.53 bits per heavy atom. The Morgan fingerprint density at radius 2 is 2.32 bits per heavy atom. The number of aromatic nitrogens is 1. The number of nitrogens with zero attached hydrogens (tertiary/aromatic N) is 1. The smallest absolute Gasteiger partial charge is 0.227 e. The first-order chi connectivity index (χ1) is 8.21. The average molecular weight is 306 g/mol. The van der Waals surface area contributed by atoms with Crippen LogP contribution in [0.15, 0.2) is 24.5 Å². The SMILES string of the molecule is CC1(C(=O)NCc2cccnc2)CCCNC1.Cl.Cl.